The summed E-state index contributed by atoms with van der Waals surface area (Å²) in [5, 5.41) is 2.61. The van der Waals surface area contributed by atoms with Crippen molar-refractivity contribution in [3.05, 3.63) is 0 Å². The van der Waals surface area contributed by atoms with Gasteiger partial charge in [-0.1, -0.05) is 13.8 Å². The van der Waals surface area contributed by atoms with Gasteiger partial charge in [-0.3, -0.25) is 9.59 Å². The van der Waals surface area contributed by atoms with E-state index in [1.165, 1.54) is 4.90 Å². The van der Waals surface area contributed by atoms with Gasteiger partial charge in [0.05, 0.1) is 0 Å². The molecule has 1 N–H and O–H groups in total. The van der Waals surface area contributed by atoms with Crippen molar-refractivity contribution in [3.63, 3.8) is 0 Å². The largest absolute Gasteiger partial charge is 0.441 e. The first-order valence-corrected chi connectivity index (χ1v) is 6.98. The van der Waals surface area contributed by atoms with Crippen LogP contribution in [0.2, 0.25) is 0 Å². The van der Waals surface area contributed by atoms with E-state index in [-0.39, 0.29) is 54.8 Å². The van der Waals surface area contributed by atoms with Gasteiger partial charge in [-0.05, 0) is 17.7 Å². The second-order valence-corrected chi connectivity index (χ2v) is 5.82. The molecule has 1 aliphatic rings. The van der Waals surface area contributed by atoms with Gasteiger partial charge < -0.3 is 10.2 Å². The number of rotatable bonds is 4. The van der Waals surface area contributed by atoms with Gasteiger partial charge in [0.25, 0.3) is 0 Å². The molecule has 0 spiro atoms. The number of carbonyl (C=O) groups excluding carboxylic acids is 2. The van der Waals surface area contributed by atoms with Crippen LogP contribution in [-0.2, 0) is 9.59 Å². The Bertz CT molecular complexity index is 347. The van der Waals surface area contributed by atoms with Gasteiger partial charge in [-0.15, -0.1) is 0 Å². The summed E-state index contributed by atoms with van der Waals surface area (Å²) in [6, 6.07) is -0.647. The Morgan fingerprint density at radius 2 is 2.05 bits per heavy atom. The van der Waals surface area contributed by atoms with Crippen LogP contribution in [-0.4, -0.2) is 47.1 Å². The Labute approximate surface area is 114 Å². The predicted molar refractivity (Wildman–Crippen MR) is 66.5 cm³/mol. The lowest BCUT2D eigenvalue weighted by Crippen LogP contribution is -2.48. The van der Waals surface area contributed by atoms with Crippen molar-refractivity contribution in [2.45, 2.75) is 31.8 Å². The summed E-state index contributed by atoms with van der Waals surface area (Å²) in [6.45, 7) is 3.75. The fourth-order valence-electron chi connectivity index (χ4n) is 1.80. The first kappa shape index (κ1) is 16.1. The molecule has 0 radical (unpaired) electrons. The maximum absolute atomic E-state index is 12.1. The summed E-state index contributed by atoms with van der Waals surface area (Å²) in [4.78, 5) is 24.9. The van der Waals surface area contributed by atoms with E-state index in [0.717, 1.165) is 0 Å². The fraction of sp³-hybridized carbons (Fsp3) is 0.818. The normalized spacial score (nSPS) is 21.6. The standard InChI is InChI=1S/C11H17F3N2O2S/c1-7(2)9-10(18)16(4-3-8(17)15-9)5-6-19-11(12,13)14/h7,9H,3-6H2,1-2H3,(H,15,17). The highest BCUT2D eigenvalue weighted by Crippen LogP contribution is 2.30. The Morgan fingerprint density at radius 1 is 1.42 bits per heavy atom. The number of hydrogen-bond acceptors (Lipinski definition) is 3. The number of carbonyl (C=O) groups is 2. The van der Waals surface area contributed by atoms with Crippen LogP contribution >= 0.6 is 11.8 Å². The van der Waals surface area contributed by atoms with Gasteiger partial charge in [-0.25, -0.2) is 0 Å². The first-order chi connectivity index (χ1) is 8.70. The van der Waals surface area contributed by atoms with E-state index in [0.29, 0.717) is 0 Å². The van der Waals surface area contributed by atoms with Gasteiger partial charge in [0.2, 0.25) is 11.8 Å². The van der Waals surface area contributed by atoms with E-state index >= 15 is 0 Å². The van der Waals surface area contributed by atoms with Gasteiger partial charge in [0, 0.05) is 25.3 Å². The topological polar surface area (TPSA) is 49.4 Å². The van der Waals surface area contributed by atoms with Gasteiger partial charge >= 0.3 is 5.51 Å². The molecule has 0 saturated carbocycles. The highest BCUT2D eigenvalue weighted by atomic mass is 32.2. The Kier molecular flexibility index (Phi) is 5.51. The third kappa shape index (κ3) is 5.30. The maximum Gasteiger partial charge on any atom is 0.441 e. The minimum Gasteiger partial charge on any atom is -0.344 e. The van der Waals surface area contributed by atoms with E-state index in [1.807, 2.05) is 0 Å². The molecule has 1 saturated heterocycles. The van der Waals surface area contributed by atoms with Gasteiger partial charge in [-0.2, -0.15) is 13.2 Å². The summed E-state index contributed by atoms with van der Waals surface area (Å²) >= 11 is -0.153. The number of nitrogens with one attached hydrogen (secondary N) is 1. The molecule has 0 aromatic heterocycles. The molecular formula is C11H17F3N2O2S. The third-order valence-corrected chi connectivity index (χ3v) is 3.51. The summed E-state index contributed by atoms with van der Waals surface area (Å²) in [6.07, 6.45) is 0.131. The van der Waals surface area contributed by atoms with Crippen molar-refractivity contribution in [3.8, 4) is 0 Å². The van der Waals surface area contributed by atoms with Crippen LogP contribution in [0, 0.1) is 5.92 Å². The van der Waals surface area contributed by atoms with E-state index < -0.39 is 11.6 Å². The fourth-order valence-corrected chi connectivity index (χ4v) is 2.34. The van der Waals surface area contributed by atoms with Gasteiger partial charge in [0.15, 0.2) is 0 Å². The number of amides is 2. The van der Waals surface area contributed by atoms with Crippen LogP contribution < -0.4 is 5.32 Å². The van der Waals surface area contributed by atoms with Crippen LogP contribution in [0.25, 0.3) is 0 Å². The molecule has 110 valence electrons. The number of halogens is 3. The number of hydrogen-bond donors (Lipinski definition) is 1. The molecule has 1 fully saturated rings. The zero-order valence-electron chi connectivity index (χ0n) is 10.8. The van der Waals surface area contributed by atoms with E-state index in [4.69, 9.17) is 0 Å². The van der Waals surface area contributed by atoms with Crippen molar-refractivity contribution in [2.24, 2.45) is 5.92 Å². The molecule has 4 nitrogen and oxygen atoms in total. The molecule has 1 heterocycles. The molecule has 0 aromatic carbocycles. The van der Waals surface area contributed by atoms with E-state index in [1.54, 1.807) is 13.8 Å². The zero-order valence-corrected chi connectivity index (χ0v) is 11.6. The number of alkyl halides is 3. The molecule has 0 aliphatic carbocycles. The van der Waals surface area contributed by atoms with Crippen molar-refractivity contribution in [1.29, 1.82) is 0 Å². The lowest BCUT2D eigenvalue weighted by Gasteiger charge is -2.26. The highest BCUT2D eigenvalue weighted by molar-refractivity contribution is 8.00. The lowest BCUT2D eigenvalue weighted by atomic mass is 10.0. The summed E-state index contributed by atoms with van der Waals surface area (Å²) < 4.78 is 36.1. The smallest absolute Gasteiger partial charge is 0.344 e. The van der Waals surface area contributed by atoms with Crippen LogP contribution in [0.15, 0.2) is 0 Å². The number of nitrogens with zero attached hydrogens (tertiary/aromatic N) is 1. The predicted octanol–water partition coefficient (Wildman–Crippen LogP) is 1.61. The first-order valence-electron chi connectivity index (χ1n) is 5.99. The Morgan fingerprint density at radius 3 is 2.58 bits per heavy atom. The molecule has 1 atom stereocenters. The Balaban J connectivity index is 2.61. The maximum atomic E-state index is 12.1. The van der Waals surface area contributed by atoms with Crippen molar-refractivity contribution in [1.82, 2.24) is 10.2 Å². The molecule has 2 amide bonds. The van der Waals surface area contributed by atoms with Crippen LogP contribution in [0.4, 0.5) is 13.2 Å². The van der Waals surface area contributed by atoms with E-state index in [9.17, 15) is 22.8 Å². The van der Waals surface area contributed by atoms with Crippen LogP contribution in [0.1, 0.15) is 20.3 Å². The molecule has 0 aromatic rings. The molecule has 1 rings (SSSR count). The van der Waals surface area contributed by atoms with Gasteiger partial charge in [0.1, 0.15) is 6.04 Å². The lowest BCUT2D eigenvalue weighted by molar-refractivity contribution is -0.134. The third-order valence-electron chi connectivity index (χ3n) is 2.80. The van der Waals surface area contributed by atoms with E-state index in [2.05, 4.69) is 5.32 Å². The quantitative estimate of drug-likeness (QED) is 0.858. The minimum atomic E-state index is -4.29. The summed E-state index contributed by atoms with van der Waals surface area (Å²) in [7, 11) is 0. The molecule has 1 aliphatic heterocycles. The molecule has 19 heavy (non-hydrogen) atoms. The minimum absolute atomic E-state index is 0.00118. The zero-order chi connectivity index (χ0) is 14.6. The van der Waals surface area contributed by atoms with Crippen molar-refractivity contribution >= 4 is 23.6 Å². The Hall–Kier alpha value is -0.920. The average Bonchev–Trinajstić information content (AvgIpc) is 2.40. The molecule has 1 unspecified atom stereocenters. The monoisotopic (exact) mass is 298 g/mol. The van der Waals surface area contributed by atoms with Crippen LogP contribution in [0.5, 0.6) is 0 Å². The van der Waals surface area contributed by atoms with Crippen molar-refractivity contribution in [2.75, 3.05) is 18.8 Å². The summed E-state index contributed by atoms with van der Waals surface area (Å²) in [5.41, 5.74) is -4.29. The molecule has 8 heteroatoms. The molecular weight excluding hydrogens is 281 g/mol. The SMILES string of the molecule is CC(C)C1NC(=O)CCN(CCSC(F)(F)F)C1=O. The average molecular weight is 298 g/mol. The summed E-state index contributed by atoms with van der Waals surface area (Å²) in [5.74, 6) is -0.845. The molecule has 0 bridgehead atoms. The second kappa shape index (κ2) is 6.49. The highest BCUT2D eigenvalue weighted by Gasteiger charge is 2.33. The number of thioether (sulfide) groups is 1. The second-order valence-electron chi connectivity index (χ2n) is 4.66. The van der Waals surface area contributed by atoms with Crippen molar-refractivity contribution < 1.29 is 22.8 Å². The van der Waals surface area contributed by atoms with Crippen LogP contribution in [0.3, 0.4) is 0 Å².